The molecule has 0 aliphatic carbocycles. The second kappa shape index (κ2) is 4.83. The van der Waals surface area contributed by atoms with Crippen molar-refractivity contribution < 1.29 is 8.42 Å². The second-order valence-electron chi connectivity index (χ2n) is 6.21. The lowest BCUT2D eigenvalue weighted by atomic mass is 9.88. The van der Waals surface area contributed by atoms with Crippen molar-refractivity contribution in [1.29, 1.82) is 0 Å². The van der Waals surface area contributed by atoms with Crippen molar-refractivity contribution in [3.8, 4) is 0 Å². The highest BCUT2D eigenvalue weighted by Crippen LogP contribution is 2.47. The number of sulfonamides is 1. The number of fused-ring (bicyclic) bond motifs is 2. The van der Waals surface area contributed by atoms with Gasteiger partial charge in [-0.25, -0.2) is 8.42 Å². The van der Waals surface area contributed by atoms with Crippen LogP contribution < -0.4 is 5.32 Å². The fourth-order valence-corrected chi connectivity index (χ4v) is 5.47. The molecule has 20 heavy (non-hydrogen) atoms. The molecule has 0 bridgehead atoms. The highest BCUT2D eigenvalue weighted by Gasteiger charge is 2.54. The fraction of sp³-hybridized carbons (Fsp3) is 0.600. The molecule has 3 rings (SSSR count). The van der Waals surface area contributed by atoms with E-state index in [1.807, 2.05) is 18.2 Å². The Bertz CT molecular complexity index is 604. The number of benzene rings is 1. The number of nitrogens with one attached hydrogen (secondary N) is 1. The van der Waals surface area contributed by atoms with Crippen molar-refractivity contribution in [2.45, 2.75) is 37.1 Å². The maximum atomic E-state index is 12.9. The highest BCUT2D eigenvalue weighted by molar-refractivity contribution is 7.89. The molecule has 0 aromatic heterocycles. The summed E-state index contributed by atoms with van der Waals surface area (Å²) in [6.45, 7) is 6.48. The molecular weight excluding hydrogens is 272 g/mol. The molecule has 0 amide bonds. The van der Waals surface area contributed by atoms with Crippen LogP contribution in [0.15, 0.2) is 29.2 Å². The number of hydrogen-bond donors (Lipinski definition) is 1. The standard InChI is InChI=1S/C15H22N2O2S/c1-12(2)7-10-17-15(8-9-16-11-15)13-5-3-4-6-14(13)20(17,18)19/h3-6,12,16H,7-11H2,1-2H3/t15-/m1/s1. The summed E-state index contributed by atoms with van der Waals surface area (Å²) in [6, 6.07) is 7.49. The van der Waals surface area contributed by atoms with Crippen LogP contribution in [0.3, 0.4) is 0 Å². The third kappa shape index (κ3) is 1.91. The summed E-state index contributed by atoms with van der Waals surface area (Å²) >= 11 is 0. The topological polar surface area (TPSA) is 49.4 Å². The quantitative estimate of drug-likeness (QED) is 0.926. The van der Waals surface area contributed by atoms with Gasteiger partial charge < -0.3 is 5.32 Å². The molecule has 1 fully saturated rings. The normalized spacial score (nSPS) is 28.4. The van der Waals surface area contributed by atoms with Gasteiger partial charge in [-0.1, -0.05) is 32.0 Å². The summed E-state index contributed by atoms with van der Waals surface area (Å²) in [4.78, 5) is 0.507. The van der Waals surface area contributed by atoms with Gasteiger partial charge in [0.15, 0.2) is 0 Å². The van der Waals surface area contributed by atoms with Crippen LogP contribution in [-0.4, -0.2) is 32.4 Å². The van der Waals surface area contributed by atoms with E-state index in [0.717, 1.165) is 31.5 Å². The number of rotatable bonds is 3. The minimum Gasteiger partial charge on any atom is -0.314 e. The van der Waals surface area contributed by atoms with E-state index < -0.39 is 10.0 Å². The van der Waals surface area contributed by atoms with Gasteiger partial charge in [-0.2, -0.15) is 4.31 Å². The van der Waals surface area contributed by atoms with E-state index in [1.54, 1.807) is 10.4 Å². The lowest BCUT2D eigenvalue weighted by Gasteiger charge is -2.33. The number of hydrogen-bond acceptors (Lipinski definition) is 3. The Kier molecular flexibility index (Phi) is 3.39. The molecule has 1 N–H and O–H groups in total. The molecule has 0 unspecified atom stereocenters. The van der Waals surface area contributed by atoms with E-state index in [0.29, 0.717) is 17.4 Å². The molecule has 1 aromatic rings. The first-order valence-corrected chi connectivity index (χ1v) is 8.75. The van der Waals surface area contributed by atoms with Crippen molar-refractivity contribution in [2.24, 2.45) is 5.92 Å². The van der Waals surface area contributed by atoms with Crippen molar-refractivity contribution in [1.82, 2.24) is 9.62 Å². The summed E-state index contributed by atoms with van der Waals surface area (Å²) in [5, 5.41) is 3.35. The Balaban J connectivity index is 2.09. The highest BCUT2D eigenvalue weighted by atomic mass is 32.2. The molecule has 2 heterocycles. The van der Waals surface area contributed by atoms with Gasteiger partial charge in [0.1, 0.15) is 0 Å². The Hall–Kier alpha value is -0.910. The van der Waals surface area contributed by atoms with E-state index in [-0.39, 0.29) is 5.54 Å². The van der Waals surface area contributed by atoms with Crippen molar-refractivity contribution in [3.63, 3.8) is 0 Å². The van der Waals surface area contributed by atoms with Gasteiger partial charge in [-0.05, 0) is 36.9 Å². The molecule has 1 spiro atoms. The molecule has 0 radical (unpaired) electrons. The fourth-order valence-electron chi connectivity index (χ4n) is 3.39. The van der Waals surface area contributed by atoms with Crippen molar-refractivity contribution >= 4 is 10.0 Å². The smallest absolute Gasteiger partial charge is 0.244 e. The molecule has 0 saturated carbocycles. The first-order chi connectivity index (χ1) is 9.48. The summed E-state index contributed by atoms with van der Waals surface area (Å²) in [6.07, 6.45) is 1.76. The van der Waals surface area contributed by atoms with Gasteiger partial charge in [0, 0.05) is 13.1 Å². The summed E-state index contributed by atoms with van der Waals surface area (Å²) in [5.74, 6) is 0.500. The molecular formula is C15H22N2O2S. The van der Waals surface area contributed by atoms with E-state index in [1.165, 1.54) is 0 Å². The van der Waals surface area contributed by atoms with Gasteiger partial charge in [-0.3, -0.25) is 0 Å². The zero-order valence-electron chi connectivity index (χ0n) is 12.1. The molecule has 2 aliphatic heterocycles. The molecule has 4 nitrogen and oxygen atoms in total. The maximum Gasteiger partial charge on any atom is 0.244 e. The Morgan fingerprint density at radius 1 is 1.35 bits per heavy atom. The van der Waals surface area contributed by atoms with E-state index in [2.05, 4.69) is 19.2 Å². The minimum atomic E-state index is -3.34. The average molecular weight is 294 g/mol. The maximum absolute atomic E-state index is 12.9. The van der Waals surface area contributed by atoms with Crippen LogP contribution in [0, 0.1) is 5.92 Å². The van der Waals surface area contributed by atoms with Crippen LogP contribution in [0.2, 0.25) is 0 Å². The lowest BCUT2D eigenvalue weighted by molar-refractivity contribution is 0.210. The van der Waals surface area contributed by atoms with Gasteiger partial charge >= 0.3 is 0 Å². The lowest BCUT2D eigenvalue weighted by Crippen LogP contribution is -2.46. The summed E-state index contributed by atoms with van der Waals surface area (Å²) < 4.78 is 27.5. The van der Waals surface area contributed by atoms with E-state index in [4.69, 9.17) is 0 Å². The van der Waals surface area contributed by atoms with E-state index in [9.17, 15) is 8.42 Å². The third-order valence-corrected chi connectivity index (χ3v) is 6.50. The van der Waals surface area contributed by atoms with Gasteiger partial charge in [0.2, 0.25) is 10.0 Å². The Labute approximate surface area is 121 Å². The van der Waals surface area contributed by atoms with Crippen LogP contribution in [0.4, 0.5) is 0 Å². The Morgan fingerprint density at radius 2 is 2.10 bits per heavy atom. The molecule has 5 heteroatoms. The monoisotopic (exact) mass is 294 g/mol. The van der Waals surface area contributed by atoms with Crippen molar-refractivity contribution in [2.75, 3.05) is 19.6 Å². The van der Waals surface area contributed by atoms with Crippen LogP contribution in [0.25, 0.3) is 0 Å². The van der Waals surface area contributed by atoms with Gasteiger partial charge in [0.25, 0.3) is 0 Å². The van der Waals surface area contributed by atoms with Gasteiger partial charge in [0.05, 0.1) is 10.4 Å². The van der Waals surface area contributed by atoms with Gasteiger partial charge in [-0.15, -0.1) is 0 Å². The summed E-state index contributed by atoms with van der Waals surface area (Å²) in [7, 11) is -3.34. The minimum absolute atomic E-state index is 0.357. The van der Waals surface area contributed by atoms with E-state index >= 15 is 0 Å². The zero-order valence-corrected chi connectivity index (χ0v) is 12.9. The zero-order chi connectivity index (χ0) is 14.4. The van der Waals surface area contributed by atoms with Crippen LogP contribution >= 0.6 is 0 Å². The molecule has 2 aliphatic rings. The second-order valence-corrected chi connectivity index (χ2v) is 8.04. The SMILES string of the molecule is CC(C)CCN1[C@@]2(CCNC2)c2ccccc2S1(=O)=O. The van der Waals surface area contributed by atoms with Crippen molar-refractivity contribution in [3.05, 3.63) is 29.8 Å². The number of nitrogens with zero attached hydrogens (tertiary/aromatic N) is 1. The first-order valence-electron chi connectivity index (χ1n) is 7.31. The molecule has 110 valence electrons. The molecule has 1 saturated heterocycles. The van der Waals surface area contributed by atoms with Crippen LogP contribution in [0.5, 0.6) is 0 Å². The van der Waals surface area contributed by atoms with Crippen LogP contribution in [-0.2, 0) is 15.6 Å². The largest absolute Gasteiger partial charge is 0.314 e. The first kappa shape index (κ1) is 14.0. The Morgan fingerprint density at radius 3 is 2.75 bits per heavy atom. The third-order valence-electron chi connectivity index (χ3n) is 4.48. The summed E-state index contributed by atoms with van der Waals surface area (Å²) in [5.41, 5.74) is 0.624. The molecule has 1 atom stereocenters. The average Bonchev–Trinajstić information content (AvgIpc) is 2.94. The van der Waals surface area contributed by atoms with Crippen LogP contribution in [0.1, 0.15) is 32.3 Å². The predicted octanol–water partition coefficient (Wildman–Crippen LogP) is 1.93. The predicted molar refractivity (Wildman–Crippen MR) is 79.0 cm³/mol. The molecule has 1 aromatic carbocycles.